The van der Waals surface area contributed by atoms with Gasteiger partial charge in [-0.25, -0.2) is 0 Å². The Balaban J connectivity index is 2.44. The van der Waals surface area contributed by atoms with Crippen molar-refractivity contribution in [2.45, 2.75) is 6.92 Å². The lowest BCUT2D eigenvalue weighted by molar-refractivity contribution is -0.114. The van der Waals surface area contributed by atoms with Gasteiger partial charge in [-0.3, -0.25) is 4.79 Å². The van der Waals surface area contributed by atoms with Crippen LogP contribution >= 0.6 is 11.8 Å². The highest BCUT2D eigenvalue weighted by molar-refractivity contribution is 8.04. The Labute approximate surface area is 82.5 Å². The van der Waals surface area contributed by atoms with Gasteiger partial charge in [0.1, 0.15) is 5.78 Å². The molecule has 0 atom stereocenters. The van der Waals surface area contributed by atoms with Crippen LogP contribution in [-0.2, 0) is 4.79 Å². The van der Waals surface area contributed by atoms with Crippen molar-refractivity contribution in [3.8, 4) is 11.2 Å². The Hall–Kier alpha value is -1.20. The summed E-state index contributed by atoms with van der Waals surface area (Å²) < 4.78 is 0. The summed E-state index contributed by atoms with van der Waals surface area (Å²) in [5.74, 6) is 3.59. The fourth-order valence-corrected chi connectivity index (χ4v) is 1.22. The maximum atomic E-state index is 10.6. The van der Waals surface area contributed by atoms with Crippen molar-refractivity contribution < 1.29 is 4.79 Å². The fourth-order valence-electron chi connectivity index (χ4n) is 0.754. The predicted octanol–water partition coefficient (Wildman–Crippen LogP) is 2.32. The standard InChI is InChI=1S/C11H10OS/c1-10(12)9-13-8-7-11-5-3-2-4-6-11/h2-6H,9H2,1H3. The molecule has 1 aromatic carbocycles. The minimum Gasteiger partial charge on any atom is -0.299 e. The Morgan fingerprint density at radius 2 is 2.08 bits per heavy atom. The van der Waals surface area contributed by atoms with Crippen LogP contribution in [0.1, 0.15) is 12.5 Å². The van der Waals surface area contributed by atoms with Gasteiger partial charge in [0.25, 0.3) is 0 Å². The molecule has 66 valence electrons. The molecule has 2 heteroatoms. The Morgan fingerprint density at radius 3 is 2.69 bits per heavy atom. The van der Waals surface area contributed by atoms with Crippen LogP contribution in [0.15, 0.2) is 30.3 Å². The van der Waals surface area contributed by atoms with Crippen LogP contribution in [0.3, 0.4) is 0 Å². The van der Waals surface area contributed by atoms with E-state index in [1.165, 1.54) is 11.8 Å². The van der Waals surface area contributed by atoms with Crippen molar-refractivity contribution >= 4 is 17.5 Å². The van der Waals surface area contributed by atoms with E-state index >= 15 is 0 Å². The van der Waals surface area contributed by atoms with Gasteiger partial charge < -0.3 is 0 Å². The number of hydrogen-bond acceptors (Lipinski definition) is 2. The molecule has 0 bridgehead atoms. The van der Waals surface area contributed by atoms with Gasteiger partial charge in [-0.05, 0) is 24.3 Å². The van der Waals surface area contributed by atoms with E-state index in [1.54, 1.807) is 6.92 Å². The topological polar surface area (TPSA) is 17.1 Å². The van der Waals surface area contributed by atoms with E-state index in [0.717, 1.165) is 5.56 Å². The summed E-state index contributed by atoms with van der Waals surface area (Å²) in [7, 11) is 0. The lowest BCUT2D eigenvalue weighted by Gasteiger charge is -1.86. The molecule has 1 nitrogen and oxygen atoms in total. The van der Waals surface area contributed by atoms with Gasteiger partial charge in [0.15, 0.2) is 0 Å². The minimum absolute atomic E-state index is 0.160. The van der Waals surface area contributed by atoms with Gasteiger partial charge in [0, 0.05) is 5.56 Å². The molecule has 1 aromatic rings. The summed E-state index contributed by atoms with van der Waals surface area (Å²) in [5, 5.41) is 2.88. The second kappa shape index (κ2) is 5.45. The lowest BCUT2D eigenvalue weighted by atomic mass is 10.2. The highest BCUT2D eigenvalue weighted by atomic mass is 32.2. The quantitative estimate of drug-likeness (QED) is 0.666. The Bertz CT molecular complexity index is 332. The molecule has 1 rings (SSSR count). The number of ketones is 1. The van der Waals surface area contributed by atoms with Gasteiger partial charge in [0.2, 0.25) is 0 Å². The van der Waals surface area contributed by atoms with Crippen LogP contribution < -0.4 is 0 Å². The predicted molar refractivity (Wildman–Crippen MR) is 56.5 cm³/mol. The Kier molecular flexibility index (Phi) is 4.14. The second-order valence-corrected chi connectivity index (χ2v) is 3.37. The van der Waals surface area contributed by atoms with Crippen LogP contribution in [0.5, 0.6) is 0 Å². The molecule has 0 fully saturated rings. The minimum atomic E-state index is 0.160. The summed E-state index contributed by atoms with van der Waals surface area (Å²) in [6.45, 7) is 1.57. The molecule has 0 aliphatic heterocycles. The molecule has 13 heavy (non-hydrogen) atoms. The number of rotatable bonds is 2. The highest BCUT2D eigenvalue weighted by Gasteiger charge is 1.88. The van der Waals surface area contributed by atoms with Gasteiger partial charge >= 0.3 is 0 Å². The van der Waals surface area contributed by atoms with E-state index in [-0.39, 0.29) is 5.78 Å². The number of Topliss-reactive ketones (excluding diaryl/α,β-unsaturated/α-hetero) is 1. The third kappa shape index (κ3) is 4.39. The molecule has 0 radical (unpaired) electrons. The summed E-state index contributed by atoms with van der Waals surface area (Å²) in [6.07, 6.45) is 0. The first-order valence-corrected chi connectivity index (χ1v) is 4.95. The zero-order valence-corrected chi connectivity index (χ0v) is 8.23. The zero-order valence-electron chi connectivity index (χ0n) is 7.41. The monoisotopic (exact) mass is 190 g/mol. The third-order valence-electron chi connectivity index (χ3n) is 1.32. The van der Waals surface area contributed by atoms with E-state index < -0.39 is 0 Å². The maximum absolute atomic E-state index is 10.6. The first kappa shape index (κ1) is 9.88. The average molecular weight is 190 g/mol. The highest BCUT2D eigenvalue weighted by Crippen LogP contribution is 1.99. The summed E-state index contributed by atoms with van der Waals surface area (Å²) in [6, 6.07) is 9.73. The molecular weight excluding hydrogens is 180 g/mol. The molecule has 0 N–H and O–H groups in total. The summed E-state index contributed by atoms with van der Waals surface area (Å²) in [5.41, 5.74) is 0.985. The Morgan fingerprint density at radius 1 is 1.38 bits per heavy atom. The fraction of sp³-hybridized carbons (Fsp3) is 0.182. The molecule has 0 aromatic heterocycles. The van der Waals surface area contributed by atoms with Crippen LogP contribution in [0.4, 0.5) is 0 Å². The van der Waals surface area contributed by atoms with Crippen molar-refractivity contribution in [1.82, 2.24) is 0 Å². The van der Waals surface area contributed by atoms with Crippen molar-refractivity contribution in [2.24, 2.45) is 0 Å². The van der Waals surface area contributed by atoms with Crippen LogP contribution in [-0.4, -0.2) is 11.5 Å². The molecular formula is C11H10OS. The molecule has 0 aliphatic rings. The molecule has 0 spiro atoms. The number of carbonyl (C=O) groups excluding carboxylic acids is 1. The van der Waals surface area contributed by atoms with Gasteiger partial charge in [0.05, 0.1) is 5.75 Å². The van der Waals surface area contributed by atoms with Crippen molar-refractivity contribution in [1.29, 1.82) is 0 Å². The zero-order chi connectivity index (χ0) is 9.52. The number of carbonyl (C=O) groups is 1. The molecule has 0 heterocycles. The van der Waals surface area contributed by atoms with Gasteiger partial charge in [-0.1, -0.05) is 35.9 Å². The number of hydrogen-bond donors (Lipinski definition) is 0. The maximum Gasteiger partial charge on any atom is 0.140 e. The average Bonchev–Trinajstić information content (AvgIpc) is 2.14. The first-order chi connectivity index (χ1) is 6.29. The molecule has 0 aliphatic carbocycles. The molecule has 0 saturated heterocycles. The van der Waals surface area contributed by atoms with E-state index in [2.05, 4.69) is 11.2 Å². The van der Waals surface area contributed by atoms with Crippen molar-refractivity contribution in [3.63, 3.8) is 0 Å². The first-order valence-electron chi connectivity index (χ1n) is 3.96. The van der Waals surface area contributed by atoms with E-state index in [0.29, 0.717) is 5.75 Å². The molecule has 0 amide bonds. The van der Waals surface area contributed by atoms with Gasteiger partial charge in [-0.15, -0.1) is 0 Å². The van der Waals surface area contributed by atoms with Crippen molar-refractivity contribution in [2.75, 3.05) is 5.75 Å². The van der Waals surface area contributed by atoms with Crippen LogP contribution in [0, 0.1) is 11.2 Å². The summed E-state index contributed by atoms with van der Waals surface area (Å²) >= 11 is 1.35. The van der Waals surface area contributed by atoms with Crippen molar-refractivity contribution in [3.05, 3.63) is 35.9 Å². The molecule has 0 unspecified atom stereocenters. The largest absolute Gasteiger partial charge is 0.299 e. The van der Waals surface area contributed by atoms with Crippen LogP contribution in [0.25, 0.3) is 0 Å². The lowest BCUT2D eigenvalue weighted by Crippen LogP contribution is -1.90. The normalized spacial score (nSPS) is 8.69. The van der Waals surface area contributed by atoms with Crippen LogP contribution in [0.2, 0.25) is 0 Å². The SMILES string of the molecule is CC(=O)CSC#Cc1ccccc1. The van der Waals surface area contributed by atoms with Gasteiger partial charge in [-0.2, -0.15) is 0 Å². The second-order valence-electron chi connectivity index (χ2n) is 2.58. The smallest absolute Gasteiger partial charge is 0.140 e. The van der Waals surface area contributed by atoms with E-state index in [9.17, 15) is 4.79 Å². The molecule has 0 saturated carbocycles. The summed E-state index contributed by atoms with van der Waals surface area (Å²) in [4.78, 5) is 10.6. The third-order valence-corrected chi connectivity index (χ3v) is 2.11. The van der Waals surface area contributed by atoms with E-state index in [4.69, 9.17) is 0 Å². The number of thioether (sulfide) groups is 1. The number of benzene rings is 1. The van der Waals surface area contributed by atoms with E-state index in [1.807, 2.05) is 30.3 Å².